The summed E-state index contributed by atoms with van der Waals surface area (Å²) in [5.74, 6) is -0.197. The van der Waals surface area contributed by atoms with Crippen LogP contribution in [-0.2, 0) is 16.8 Å². The highest BCUT2D eigenvalue weighted by Gasteiger charge is 2.38. The SMILES string of the molecule is CC(C)(C[C@@](O)(CNC(=O)c1ccc2c(c1)C(=O)OC2)CC1CCCCC1)c1ccccc1. The van der Waals surface area contributed by atoms with Crippen LogP contribution in [0.3, 0.4) is 0 Å². The molecule has 0 aromatic heterocycles. The summed E-state index contributed by atoms with van der Waals surface area (Å²) in [6, 6.07) is 15.3. The standard InChI is InChI=1S/C28H35NO4/c1-27(2,23-11-7-4-8-12-23)18-28(32,16-20-9-5-3-6-10-20)19-29-25(30)21-13-14-22-17-33-26(31)24(22)15-21/h4,7-8,11-15,20,32H,3,5-6,9-10,16-19H2,1-2H3,(H,29,30)/t28-/m1/s1. The van der Waals surface area contributed by atoms with Crippen LogP contribution in [0.25, 0.3) is 0 Å². The molecule has 176 valence electrons. The van der Waals surface area contributed by atoms with Crippen molar-refractivity contribution in [1.29, 1.82) is 0 Å². The predicted molar refractivity (Wildman–Crippen MR) is 128 cm³/mol. The molecule has 1 fully saturated rings. The molecule has 5 heteroatoms. The van der Waals surface area contributed by atoms with Gasteiger partial charge in [0.05, 0.1) is 11.2 Å². The number of fused-ring (bicyclic) bond motifs is 1. The normalized spacial score (nSPS) is 18.3. The maximum atomic E-state index is 13.0. The summed E-state index contributed by atoms with van der Waals surface area (Å²) in [4.78, 5) is 24.8. The zero-order valence-electron chi connectivity index (χ0n) is 19.7. The maximum absolute atomic E-state index is 13.0. The molecule has 2 aromatic carbocycles. The molecule has 2 aromatic rings. The minimum atomic E-state index is -1.02. The zero-order valence-corrected chi connectivity index (χ0v) is 19.7. The summed E-state index contributed by atoms with van der Waals surface area (Å²) < 4.78 is 5.04. The number of amides is 1. The summed E-state index contributed by atoms with van der Waals surface area (Å²) in [6.07, 6.45) is 7.18. The maximum Gasteiger partial charge on any atom is 0.338 e. The van der Waals surface area contributed by atoms with Crippen LogP contribution >= 0.6 is 0 Å². The highest BCUT2D eigenvalue weighted by Crippen LogP contribution is 2.38. The van der Waals surface area contributed by atoms with Crippen molar-refractivity contribution in [2.45, 2.75) is 76.4 Å². The quantitative estimate of drug-likeness (QED) is 0.546. The Balaban J connectivity index is 1.50. The summed E-state index contributed by atoms with van der Waals surface area (Å²) >= 11 is 0. The molecule has 1 heterocycles. The van der Waals surface area contributed by atoms with Crippen LogP contribution < -0.4 is 5.32 Å². The number of nitrogens with one attached hydrogen (secondary N) is 1. The molecule has 0 unspecified atom stereocenters. The number of aliphatic hydroxyl groups is 1. The van der Waals surface area contributed by atoms with Crippen LogP contribution in [0.4, 0.5) is 0 Å². The van der Waals surface area contributed by atoms with Crippen molar-refractivity contribution in [3.8, 4) is 0 Å². The molecule has 1 aliphatic heterocycles. The van der Waals surface area contributed by atoms with E-state index in [1.807, 2.05) is 18.2 Å². The van der Waals surface area contributed by atoms with Crippen molar-refractivity contribution >= 4 is 11.9 Å². The average molecular weight is 450 g/mol. The Labute approximate surface area is 196 Å². The third-order valence-corrected chi connectivity index (χ3v) is 7.25. The van der Waals surface area contributed by atoms with Crippen LogP contribution in [0, 0.1) is 5.92 Å². The van der Waals surface area contributed by atoms with Crippen LogP contribution in [0.5, 0.6) is 0 Å². The van der Waals surface area contributed by atoms with Gasteiger partial charge in [0.2, 0.25) is 0 Å². The van der Waals surface area contributed by atoms with Gasteiger partial charge in [-0.25, -0.2) is 4.79 Å². The van der Waals surface area contributed by atoms with Gasteiger partial charge in [0.25, 0.3) is 5.91 Å². The number of cyclic esters (lactones) is 1. The van der Waals surface area contributed by atoms with E-state index in [0.29, 0.717) is 29.9 Å². The van der Waals surface area contributed by atoms with Gasteiger partial charge in [-0.1, -0.05) is 82.3 Å². The van der Waals surface area contributed by atoms with Gasteiger partial charge >= 0.3 is 5.97 Å². The van der Waals surface area contributed by atoms with Crippen LogP contribution in [0.2, 0.25) is 0 Å². The second-order valence-corrected chi connectivity index (χ2v) is 10.5. The number of esters is 1. The summed E-state index contributed by atoms with van der Waals surface area (Å²) in [6.45, 7) is 4.75. The molecule has 4 rings (SSSR count). The molecule has 33 heavy (non-hydrogen) atoms. The molecule has 1 aliphatic carbocycles. The number of benzene rings is 2. The monoisotopic (exact) mass is 449 g/mol. The lowest BCUT2D eigenvalue weighted by Crippen LogP contribution is -2.48. The van der Waals surface area contributed by atoms with Gasteiger partial charge in [-0.2, -0.15) is 0 Å². The van der Waals surface area contributed by atoms with Gasteiger partial charge < -0.3 is 15.2 Å². The van der Waals surface area contributed by atoms with Gasteiger partial charge in [-0.3, -0.25) is 4.79 Å². The summed E-state index contributed by atoms with van der Waals surface area (Å²) in [5, 5.41) is 14.8. The van der Waals surface area contributed by atoms with E-state index in [1.54, 1.807) is 18.2 Å². The summed E-state index contributed by atoms with van der Waals surface area (Å²) in [7, 11) is 0. The second kappa shape index (κ2) is 9.68. The number of ether oxygens (including phenoxy) is 1. The van der Waals surface area contributed by atoms with E-state index in [4.69, 9.17) is 4.74 Å². The number of rotatable bonds is 8. The third-order valence-electron chi connectivity index (χ3n) is 7.25. The van der Waals surface area contributed by atoms with Gasteiger partial charge in [0, 0.05) is 17.7 Å². The molecule has 2 aliphatic rings. The van der Waals surface area contributed by atoms with Crippen LogP contribution in [0.1, 0.15) is 90.6 Å². The third kappa shape index (κ3) is 5.64. The molecule has 2 N–H and O–H groups in total. The van der Waals surface area contributed by atoms with Crippen LogP contribution in [0.15, 0.2) is 48.5 Å². The Morgan fingerprint density at radius 3 is 2.55 bits per heavy atom. The van der Waals surface area contributed by atoms with Gasteiger partial charge in [-0.05, 0) is 41.9 Å². The minimum Gasteiger partial charge on any atom is -0.457 e. The van der Waals surface area contributed by atoms with E-state index in [9.17, 15) is 14.7 Å². The lowest BCUT2D eigenvalue weighted by molar-refractivity contribution is -0.0121. The second-order valence-electron chi connectivity index (χ2n) is 10.5. The molecule has 5 nitrogen and oxygen atoms in total. The molecular weight excluding hydrogens is 414 g/mol. The topological polar surface area (TPSA) is 75.6 Å². The Morgan fingerprint density at radius 1 is 1.09 bits per heavy atom. The lowest BCUT2D eigenvalue weighted by atomic mass is 9.71. The molecule has 1 amide bonds. The molecule has 0 radical (unpaired) electrons. The highest BCUT2D eigenvalue weighted by molar-refractivity contribution is 5.99. The van der Waals surface area contributed by atoms with Crippen molar-refractivity contribution < 1.29 is 19.4 Å². The number of carbonyl (C=O) groups excluding carboxylic acids is 2. The van der Waals surface area contributed by atoms with Gasteiger partial charge in [-0.15, -0.1) is 0 Å². The van der Waals surface area contributed by atoms with Crippen molar-refractivity contribution in [2.24, 2.45) is 5.92 Å². The number of carbonyl (C=O) groups is 2. The first-order chi connectivity index (χ1) is 15.8. The largest absolute Gasteiger partial charge is 0.457 e. The molecule has 1 saturated carbocycles. The predicted octanol–water partition coefficient (Wildman–Crippen LogP) is 5.16. The lowest BCUT2D eigenvalue weighted by Gasteiger charge is -2.39. The minimum absolute atomic E-state index is 0.181. The Kier molecular flexibility index (Phi) is 6.89. The fourth-order valence-electron chi connectivity index (χ4n) is 5.55. The van der Waals surface area contributed by atoms with Crippen LogP contribution in [-0.4, -0.2) is 29.1 Å². The Hall–Kier alpha value is -2.66. The van der Waals surface area contributed by atoms with E-state index >= 15 is 0 Å². The summed E-state index contributed by atoms with van der Waals surface area (Å²) in [5.41, 5.74) is 1.57. The first kappa shape index (κ1) is 23.5. The van der Waals surface area contributed by atoms with E-state index in [-0.39, 0.29) is 24.5 Å². The zero-order chi connectivity index (χ0) is 23.5. The molecule has 0 saturated heterocycles. The molecule has 0 spiro atoms. The molecular formula is C28H35NO4. The average Bonchev–Trinajstić information content (AvgIpc) is 3.18. The Bertz CT molecular complexity index is 994. The van der Waals surface area contributed by atoms with E-state index in [2.05, 4.69) is 31.3 Å². The Morgan fingerprint density at radius 2 is 1.82 bits per heavy atom. The van der Waals surface area contributed by atoms with Crippen molar-refractivity contribution in [3.05, 3.63) is 70.8 Å². The van der Waals surface area contributed by atoms with Gasteiger partial charge in [0.1, 0.15) is 6.61 Å². The smallest absolute Gasteiger partial charge is 0.338 e. The first-order valence-electron chi connectivity index (χ1n) is 12.1. The van der Waals surface area contributed by atoms with Gasteiger partial charge in [0.15, 0.2) is 0 Å². The van der Waals surface area contributed by atoms with Crippen molar-refractivity contribution in [2.75, 3.05) is 6.54 Å². The van der Waals surface area contributed by atoms with Crippen molar-refractivity contribution in [1.82, 2.24) is 5.32 Å². The molecule has 0 bridgehead atoms. The fraction of sp³-hybridized carbons (Fsp3) is 0.500. The number of hydrogen-bond donors (Lipinski definition) is 2. The number of hydrogen-bond acceptors (Lipinski definition) is 4. The van der Waals surface area contributed by atoms with E-state index < -0.39 is 11.6 Å². The first-order valence-corrected chi connectivity index (χ1v) is 12.1. The fourth-order valence-corrected chi connectivity index (χ4v) is 5.55. The highest BCUT2D eigenvalue weighted by atomic mass is 16.5. The van der Waals surface area contributed by atoms with E-state index in [0.717, 1.165) is 18.4 Å². The van der Waals surface area contributed by atoms with E-state index in [1.165, 1.54) is 24.8 Å². The molecule has 1 atom stereocenters. The van der Waals surface area contributed by atoms with Crippen molar-refractivity contribution in [3.63, 3.8) is 0 Å².